The second-order valence-corrected chi connectivity index (χ2v) is 22.9. The van der Waals surface area contributed by atoms with Crippen molar-refractivity contribution in [2.45, 2.75) is 102 Å². The fraction of sp³-hybridized carbons (Fsp3) is 0.720. The van der Waals surface area contributed by atoms with Crippen molar-refractivity contribution in [1.29, 1.82) is 0 Å². The quantitative estimate of drug-likeness (QED) is 0.211. The molecule has 170 valence electrons. The number of rotatable bonds is 13. The Kier molecular flexibility index (Phi) is 10.6. The first-order valence-electron chi connectivity index (χ1n) is 11.9. The van der Waals surface area contributed by atoms with Crippen molar-refractivity contribution >= 4 is 24.3 Å². The number of benzene rings is 1. The first kappa shape index (κ1) is 25.7. The molecule has 1 fully saturated rings. The van der Waals surface area contributed by atoms with Gasteiger partial charge in [-0.2, -0.15) is 0 Å². The van der Waals surface area contributed by atoms with Crippen LogP contribution in [-0.2, 0) is 14.2 Å². The van der Waals surface area contributed by atoms with E-state index >= 15 is 0 Å². The third kappa shape index (κ3) is 7.23. The Hall–Kier alpha value is -0.591. The molecule has 0 N–H and O–H groups in total. The SMILES string of the molecule is CCC[CH2][Sn]([CH2]CCC)([CH2]CCC)[C@H](OC(=O)c1ccccc1)[C@H]1COC(C)(C)O1. The van der Waals surface area contributed by atoms with Gasteiger partial charge in [-0.05, 0) is 0 Å². The summed E-state index contributed by atoms with van der Waals surface area (Å²) in [6.45, 7) is 11.2. The van der Waals surface area contributed by atoms with Gasteiger partial charge in [0.2, 0.25) is 0 Å². The van der Waals surface area contributed by atoms with Crippen LogP contribution in [0, 0.1) is 0 Å². The molecule has 0 saturated carbocycles. The van der Waals surface area contributed by atoms with Crippen molar-refractivity contribution in [2.24, 2.45) is 0 Å². The normalized spacial score (nSPS) is 19.6. The van der Waals surface area contributed by atoms with E-state index in [9.17, 15) is 4.79 Å². The van der Waals surface area contributed by atoms with Crippen LogP contribution in [0.1, 0.15) is 83.5 Å². The molecule has 0 unspecified atom stereocenters. The van der Waals surface area contributed by atoms with E-state index < -0.39 is 24.2 Å². The van der Waals surface area contributed by atoms with E-state index in [1.807, 2.05) is 44.2 Å². The zero-order valence-corrected chi connectivity index (χ0v) is 22.6. The van der Waals surface area contributed by atoms with Gasteiger partial charge in [0.1, 0.15) is 0 Å². The molecule has 30 heavy (non-hydrogen) atoms. The van der Waals surface area contributed by atoms with Crippen molar-refractivity contribution in [3.8, 4) is 0 Å². The molecular weight excluding hydrogens is 483 g/mol. The summed E-state index contributed by atoms with van der Waals surface area (Å²) in [5.74, 6) is -0.820. The van der Waals surface area contributed by atoms with E-state index in [0.29, 0.717) is 12.2 Å². The Morgan fingerprint density at radius 1 is 1.03 bits per heavy atom. The summed E-state index contributed by atoms with van der Waals surface area (Å²) in [7, 11) is 0. The van der Waals surface area contributed by atoms with Gasteiger partial charge < -0.3 is 0 Å². The topological polar surface area (TPSA) is 44.8 Å². The van der Waals surface area contributed by atoms with Gasteiger partial charge in [-0.25, -0.2) is 0 Å². The van der Waals surface area contributed by atoms with Crippen LogP contribution in [0.15, 0.2) is 30.3 Å². The Bertz CT molecular complexity index is 610. The van der Waals surface area contributed by atoms with E-state index in [1.54, 1.807) is 0 Å². The molecular formula is C25H42O4Sn. The van der Waals surface area contributed by atoms with Gasteiger partial charge in [-0.1, -0.05) is 0 Å². The molecule has 0 radical (unpaired) electrons. The van der Waals surface area contributed by atoms with Crippen LogP contribution in [0.4, 0.5) is 0 Å². The summed E-state index contributed by atoms with van der Waals surface area (Å²) in [4.78, 5) is 13.2. The Morgan fingerprint density at radius 3 is 2.00 bits per heavy atom. The van der Waals surface area contributed by atoms with Crippen molar-refractivity contribution in [3.05, 3.63) is 35.9 Å². The third-order valence-corrected chi connectivity index (χ3v) is 22.7. The van der Waals surface area contributed by atoms with Crippen LogP contribution in [0.3, 0.4) is 0 Å². The van der Waals surface area contributed by atoms with E-state index in [4.69, 9.17) is 14.2 Å². The molecule has 0 spiro atoms. The molecule has 0 amide bonds. The van der Waals surface area contributed by atoms with E-state index in [1.165, 1.54) is 51.8 Å². The summed E-state index contributed by atoms with van der Waals surface area (Å²) in [5.41, 5.74) is 0.627. The Morgan fingerprint density at radius 2 is 1.57 bits per heavy atom. The average molecular weight is 525 g/mol. The van der Waals surface area contributed by atoms with Crippen LogP contribution >= 0.6 is 0 Å². The van der Waals surface area contributed by atoms with Gasteiger partial charge in [0.15, 0.2) is 0 Å². The summed E-state index contributed by atoms with van der Waals surface area (Å²) < 4.78 is 22.4. The number of unbranched alkanes of at least 4 members (excludes halogenated alkanes) is 3. The summed E-state index contributed by atoms with van der Waals surface area (Å²) in [6, 6.07) is 9.41. The zero-order valence-electron chi connectivity index (χ0n) is 19.7. The van der Waals surface area contributed by atoms with Crippen LogP contribution in [0.25, 0.3) is 0 Å². The van der Waals surface area contributed by atoms with Crippen molar-refractivity contribution in [3.63, 3.8) is 0 Å². The van der Waals surface area contributed by atoms with Gasteiger partial charge >= 0.3 is 188 Å². The molecule has 1 saturated heterocycles. The Balaban J connectivity index is 2.40. The molecule has 0 bridgehead atoms. The van der Waals surface area contributed by atoms with Gasteiger partial charge in [-0.15, -0.1) is 0 Å². The van der Waals surface area contributed by atoms with Crippen molar-refractivity contribution in [2.75, 3.05) is 6.61 Å². The molecule has 1 aromatic rings. The van der Waals surface area contributed by atoms with Crippen LogP contribution in [-0.4, -0.2) is 47.0 Å². The predicted molar refractivity (Wildman–Crippen MR) is 125 cm³/mol. The first-order valence-corrected chi connectivity index (χ1v) is 19.7. The number of hydrogen-bond acceptors (Lipinski definition) is 4. The number of carbonyl (C=O) groups excluding carboxylic acids is 1. The minimum atomic E-state index is -2.92. The average Bonchev–Trinajstić information content (AvgIpc) is 3.11. The molecule has 1 aliphatic rings. The van der Waals surface area contributed by atoms with Gasteiger partial charge in [0, 0.05) is 0 Å². The second kappa shape index (κ2) is 12.4. The number of carbonyl (C=O) groups is 1. The number of ether oxygens (including phenoxy) is 3. The molecule has 1 aromatic carbocycles. The fourth-order valence-corrected chi connectivity index (χ4v) is 22.0. The van der Waals surface area contributed by atoms with Crippen LogP contribution in [0.2, 0.25) is 13.3 Å². The van der Waals surface area contributed by atoms with Crippen molar-refractivity contribution < 1.29 is 19.0 Å². The molecule has 4 nitrogen and oxygen atoms in total. The maximum atomic E-state index is 13.2. The Labute approximate surface area is 187 Å². The van der Waals surface area contributed by atoms with E-state index in [2.05, 4.69) is 20.8 Å². The van der Waals surface area contributed by atoms with Crippen LogP contribution < -0.4 is 0 Å². The van der Waals surface area contributed by atoms with E-state index in [0.717, 1.165) is 0 Å². The molecule has 1 heterocycles. The summed E-state index contributed by atoms with van der Waals surface area (Å²) in [6.07, 6.45) is 7.07. The van der Waals surface area contributed by atoms with Crippen LogP contribution in [0.5, 0.6) is 0 Å². The van der Waals surface area contributed by atoms with Gasteiger partial charge in [-0.3, -0.25) is 0 Å². The first-order chi connectivity index (χ1) is 14.4. The molecule has 5 heteroatoms. The minimum absolute atomic E-state index is 0.0987. The molecule has 0 aromatic heterocycles. The van der Waals surface area contributed by atoms with Gasteiger partial charge in [0.05, 0.1) is 0 Å². The third-order valence-electron chi connectivity index (χ3n) is 6.30. The molecule has 2 rings (SSSR count). The molecule has 1 aliphatic heterocycles. The predicted octanol–water partition coefficient (Wildman–Crippen LogP) is 6.75. The van der Waals surface area contributed by atoms with E-state index in [-0.39, 0.29) is 16.2 Å². The molecule has 2 atom stereocenters. The monoisotopic (exact) mass is 526 g/mol. The summed E-state index contributed by atoms with van der Waals surface area (Å²) in [5, 5.41) is 0. The van der Waals surface area contributed by atoms with Crippen molar-refractivity contribution in [1.82, 2.24) is 0 Å². The number of esters is 1. The molecule has 0 aliphatic carbocycles. The van der Waals surface area contributed by atoms with Gasteiger partial charge in [0.25, 0.3) is 0 Å². The summed E-state index contributed by atoms with van der Waals surface area (Å²) >= 11 is -2.92. The fourth-order valence-electron chi connectivity index (χ4n) is 4.61. The standard InChI is InChI=1S/C13H15O4.3C4H9.Sn/c1-13(2)16-9-11(17-13)8-15-12(14)10-6-4-3-5-7-10;3*1-3-4-2;/h3-8,11H,9H2,1-2H3;3*1,3-4H2,2H3;/t11-;;;;/m0..../s1. The zero-order chi connectivity index (χ0) is 22.0. The second-order valence-electron chi connectivity index (χ2n) is 9.23. The number of hydrogen-bond donors (Lipinski definition) is 0. The maximum absolute atomic E-state index is 13.2.